The highest BCUT2D eigenvalue weighted by Crippen LogP contribution is 2.20. The Morgan fingerprint density at radius 1 is 1.09 bits per heavy atom. The normalized spacial score (nSPS) is 18.4. The molecular weight excluding hydrogens is 286 g/mol. The molecular formula is C18H27N5. The van der Waals surface area contributed by atoms with Crippen LogP contribution in [0.15, 0.2) is 30.6 Å². The van der Waals surface area contributed by atoms with Gasteiger partial charge in [-0.3, -0.25) is 4.90 Å². The average Bonchev–Trinajstić information content (AvgIpc) is 2.56. The SMILES string of the molecule is CC(C)C(CNc1ncnc2ccccc12)N1CCN(C)CC1. The number of benzene rings is 1. The van der Waals surface area contributed by atoms with Crippen molar-refractivity contribution in [1.82, 2.24) is 19.8 Å². The number of nitrogens with one attached hydrogen (secondary N) is 1. The van der Waals surface area contributed by atoms with Gasteiger partial charge in [-0.2, -0.15) is 0 Å². The Hall–Kier alpha value is -1.72. The lowest BCUT2D eigenvalue weighted by Crippen LogP contribution is -2.52. The molecule has 0 radical (unpaired) electrons. The van der Waals surface area contributed by atoms with Gasteiger partial charge in [-0.05, 0) is 25.1 Å². The molecule has 0 aliphatic carbocycles. The summed E-state index contributed by atoms with van der Waals surface area (Å²) < 4.78 is 0. The van der Waals surface area contributed by atoms with Crippen molar-refractivity contribution in [1.29, 1.82) is 0 Å². The minimum Gasteiger partial charge on any atom is -0.368 e. The summed E-state index contributed by atoms with van der Waals surface area (Å²) in [4.78, 5) is 13.8. The smallest absolute Gasteiger partial charge is 0.137 e. The lowest BCUT2D eigenvalue weighted by molar-refractivity contribution is 0.0944. The summed E-state index contributed by atoms with van der Waals surface area (Å²) in [5.74, 6) is 1.55. The summed E-state index contributed by atoms with van der Waals surface area (Å²) in [5.41, 5.74) is 0.991. The maximum absolute atomic E-state index is 4.45. The van der Waals surface area contributed by atoms with E-state index in [1.807, 2.05) is 18.2 Å². The third kappa shape index (κ3) is 3.79. The highest BCUT2D eigenvalue weighted by Gasteiger charge is 2.25. The number of hydrogen-bond acceptors (Lipinski definition) is 5. The molecule has 124 valence electrons. The number of hydrogen-bond donors (Lipinski definition) is 1. The van der Waals surface area contributed by atoms with Gasteiger partial charge in [-0.25, -0.2) is 9.97 Å². The van der Waals surface area contributed by atoms with Gasteiger partial charge in [-0.1, -0.05) is 26.0 Å². The van der Waals surface area contributed by atoms with Gasteiger partial charge in [0.25, 0.3) is 0 Å². The Balaban J connectivity index is 1.71. The Bertz CT molecular complexity index is 629. The van der Waals surface area contributed by atoms with E-state index in [1.54, 1.807) is 6.33 Å². The fourth-order valence-corrected chi connectivity index (χ4v) is 3.29. The molecule has 3 rings (SSSR count). The van der Waals surface area contributed by atoms with Gasteiger partial charge in [-0.15, -0.1) is 0 Å². The molecule has 0 bridgehead atoms. The molecule has 5 nitrogen and oxygen atoms in total. The predicted octanol–water partition coefficient (Wildman–Crippen LogP) is 2.31. The largest absolute Gasteiger partial charge is 0.368 e. The standard InChI is InChI=1S/C18H27N5/c1-14(2)17(23-10-8-22(3)9-11-23)12-19-18-15-6-4-5-7-16(15)20-13-21-18/h4-7,13-14,17H,8-12H2,1-3H3,(H,19,20,21). The zero-order chi connectivity index (χ0) is 16.2. The van der Waals surface area contributed by atoms with Gasteiger partial charge in [0, 0.05) is 44.2 Å². The molecule has 23 heavy (non-hydrogen) atoms. The van der Waals surface area contributed by atoms with Crippen molar-refractivity contribution < 1.29 is 0 Å². The van der Waals surface area contributed by atoms with Crippen LogP contribution in [0.4, 0.5) is 5.82 Å². The van der Waals surface area contributed by atoms with E-state index in [2.05, 4.69) is 52.0 Å². The number of piperazine rings is 1. The van der Waals surface area contributed by atoms with Crippen LogP contribution in [0.3, 0.4) is 0 Å². The predicted molar refractivity (Wildman–Crippen MR) is 95.7 cm³/mol. The fourth-order valence-electron chi connectivity index (χ4n) is 3.29. The minimum atomic E-state index is 0.525. The van der Waals surface area contributed by atoms with Crippen LogP contribution in [0.1, 0.15) is 13.8 Å². The minimum absolute atomic E-state index is 0.525. The van der Waals surface area contributed by atoms with Crippen LogP contribution in [-0.4, -0.2) is 65.6 Å². The number of para-hydroxylation sites is 1. The first-order chi connectivity index (χ1) is 11.1. The summed E-state index contributed by atoms with van der Waals surface area (Å²) >= 11 is 0. The highest BCUT2D eigenvalue weighted by molar-refractivity contribution is 5.88. The quantitative estimate of drug-likeness (QED) is 0.918. The van der Waals surface area contributed by atoms with Crippen LogP contribution in [0, 0.1) is 5.92 Å². The van der Waals surface area contributed by atoms with Gasteiger partial charge >= 0.3 is 0 Å². The van der Waals surface area contributed by atoms with E-state index in [0.717, 1.165) is 49.4 Å². The van der Waals surface area contributed by atoms with E-state index >= 15 is 0 Å². The molecule has 1 atom stereocenters. The molecule has 1 aliphatic rings. The monoisotopic (exact) mass is 313 g/mol. The molecule has 1 aliphatic heterocycles. The number of fused-ring (bicyclic) bond motifs is 1. The molecule has 2 aromatic rings. The van der Waals surface area contributed by atoms with Crippen molar-refractivity contribution in [2.75, 3.05) is 45.1 Å². The van der Waals surface area contributed by atoms with Gasteiger partial charge in [0.15, 0.2) is 0 Å². The number of likely N-dealkylation sites (N-methyl/N-ethyl adjacent to an activating group) is 1. The average molecular weight is 313 g/mol. The molecule has 2 heterocycles. The van der Waals surface area contributed by atoms with Gasteiger partial charge < -0.3 is 10.2 Å². The maximum atomic E-state index is 4.45. The van der Waals surface area contributed by atoms with Crippen molar-refractivity contribution in [2.24, 2.45) is 5.92 Å². The molecule has 0 saturated carbocycles. The molecule has 1 saturated heterocycles. The zero-order valence-corrected chi connectivity index (χ0v) is 14.4. The second-order valence-corrected chi connectivity index (χ2v) is 6.77. The summed E-state index contributed by atoms with van der Waals surface area (Å²) in [6, 6.07) is 8.69. The summed E-state index contributed by atoms with van der Waals surface area (Å²) in [5, 5.41) is 4.66. The maximum Gasteiger partial charge on any atom is 0.137 e. The summed E-state index contributed by atoms with van der Waals surface area (Å²) in [6.45, 7) is 10.1. The second kappa shape index (κ2) is 7.23. The molecule has 1 fully saturated rings. The van der Waals surface area contributed by atoms with Crippen LogP contribution in [0.5, 0.6) is 0 Å². The molecule has 1 N–H and O–H groups in total. The van der Waals surface area contributed by atoms with Crippen LogP contribution in [0.25, 0.3) is 10.9 Å². The zero-order valence-electron chi connectivity index (χ0n) is 14.4. The van der Waals surface area contributed by atoms with Crippen molar-refractivity contribution >= 4 is 16.7 Å². The van der Waals surface area contributed by atoms with E-state index in [0.29, 0.717) is 12.0 Å². The molecule has 1 aromatic heterocycles. The first-order valence-corrected chi connectivity index (χ1v) is 8.51. The molecule has 1 unspecified atom stereocenters. The number of aromatic nitrogens is 2. The number of rotatable bonds is 5. The molecule has 5 heteroatoms. The van der Waals surface area contributed by atoms with Crippen LogP contribution >= 0.6 is 0 Å². The van der Waals surface area contributed by atoms with E-state index < -0.39 is 0 Å². The third-order valence-electron chi connectivity index (χ3n) is 4.80. The van der Waals surface area contributed by atoms with Crippen LogP contribution < -0.4 is 5.32 Å². The summed E-state index contributed by atoms with van der Waals surface area (Å²) in [7, 11) is 2.20. The molecule has 1 aromatic carbocycles. The lowest BCUT2D eigenvalue weighted by Gasteiger charge is -2.40. The first-order valence-electron chi connectivity index (χ1n) is 8.51. The van der Waals surface area contributed by atoms with E-state index in [9.17, 15) is 0 Å². The first kappa shape index (κ1) is 16.1. The van der Waals surface area contributed by atoms with Crippen molar-refractivity contribution in [3.63, 3.8) is 0 Å². The van der Waals surface area contributed by atoms with Gasteiger partial charge in [0.2, 0.25) is 0 Å². The topological polar surface area (TPSA) is 44.3 Å². The van der Waals surface area contributed by atoms with Gasteiger partial charge in [0.1, 0.15) is 12.1 Å². The Labute approximate surface area is 138 Å². The fraction of sp³-hybridized carbons (Fsp3) is 0.556. The van der Waals surface area contributed by atoms with Crippen molar-refractivity contribution in [3.05, 3.63) is 30.6 Å². The third-order valence-corrected chi connectivity index (χ3v) is 4.80. The summed E-state index contributed by atoms with van der Waals surface area (Å²) in [6.07, 6.45) is 1.64. The Morgan fingerprint density at radius 3 is 2.57 bits per heavy atom. The highest BCUT2D eigenvalue weighted by atomic mass is 15.3. The van der Waals surface area contributed by atoms with E-state index in [4.69, 9.17) is 0 Å². The number of nitrogens with zero attached hydrogens (tertiary/aromatic N) is 4. The van der Waals surface area contributed by atoms with Crippen LogP contribution in [0.2, 0.25) is 0 Å². The van der Waals surface area contributed by atoms with Crippen molar-refractivity contribution in [3.8, 4) is 0 Å². The molecule has 0 amide bonds. The Morgan fingerprint density at radius 2 is 1.83 bits per heavy atom. The van der Waals surface area contributed by atoms with Gasteiger partial charge in [0.05, 0.1) is 5.52 Å². The second-order valence-electron chi connectivity index (χ2n) is 6.77. The van der Waals surface area contributed by atoms with Crippen LogP contribution in [-0.2, 0) is 0 Å². The Kier molecular flexibility index (Phi) is 5.08. The number of anilines is 1. The lowest BCUT2D eigenvalue weighted by atomic mass is 10.0. The van der Waals surface area contributed by atoms with E-state index in [1.165, 1.54) is 0 Å². The molecule has 0 spiro atoms. The van der Waals surface area contributed by atoms with Crippen molar-refractivity contribution in [2.45, 2.75) is 19.9 Å². The van der Waals surface area contributed by atoms with E-state index in [-0.39, 0.29) is 0 Å².